The van der Waals surface area contributed by atoms with E-state index in [2.05, 4.69) is 32.7 Å². The fourth-order valence-electron chi connectivity index (χ4n) is 0.793. The third kappa shape index (κ3) is 9.19. The van der Waals surface area contributed by atoms with Gasteiger partial charge in [0, 0.05) is 6.04 Å². The van der Waals surface area contributed by atoms with Gasteiger partial charge in [-0.15, -0.1) is 0 Å². The second kappa shape index (κ2) is 11.3. The van der Waals surface area contributed by atoms with Crippen LogP contribution >= 0.6 is 0 Å². The zero-order chi connectivity index (χ0) is 10.7. The monoisotopic (exact) mass is 183 g/mol. The number of rotatable bonds is 5. The summed E-state index contributed by atoms with van der Waals surface area (Å²) >= 11 is 0. The fraction of sp³-hybridized carbons (Fsp3) is 0.667. The van der Waals surface area contributed by atoms with Crippen LogP contribution in [0.25, 0.3) is 0 Å². The molecule has 0 radical (unpaired) electrons. The highest BCUT2D eigenvalue weighted by molar-refractivity contribution is 4.96. The van der Waals surface area contributed by atoms with Crippen LogP contribution in [0.3, 0.4) is 0 Å². The quantitative estimate of drug-likeness (QED) is 0.640. The molecule has 0 amide bonds. The largest absolute Gasteiger partial charge is 0.388 e. The number of hydrogen-bond donors (Lipinski definition) is 1. The van der Waals surface area contributed by atoms with Gasteiger partial charge < -0.3 is 5.32 Å². The Labute approximate surface area is 83.9 Å². The molecule has 0 heterocycles. The van der Waals surface area contributed by atoms with Crippen molar-refractivity contribution in [1.82, 2.24) is 5.32 Å². The van der Waals surface area contributed by atoms with Crippen LogP contribution in [0.2, 0.25) is 0 Å². The minimum Gasteiger partial charge on any atom is -0.388 e. The maximum atomic E-state index is 3.60. The fourth-order valence-corrected chi connectivity index (χ4v) is 0.793. The van der Waals surface area contributed by atoms with Gasteiger partial charge in [-0.3, -0.25) is 0 Å². The van der Waals surface area contributed by atoms with E-state index in [-0.39, 0.29) is 0 Å². The molecule has 1 nitrogen and oxygen atoms in total. The molecular formula is C12H25N. The second-order valence-corrected chi connectivity index (χ2v) is 2.94. The predicted molar refractivity (Wildman–Crippen MR) is 62.7 cm³/mol. The Hall–Kier alpha value is -0.720. The Kier molecular flexibility index (Phi) is 12.8. The van der Waals surface area contributed by atoms with E-state index in [0.29, 0.717) is 6.04 Å². The predicted octanol–water partition coefficient (Wildman–Crippen LogP) is 3.74. The van der Waals surface area contributed by atoms with Gasteiger partial charge in [-0.05, 0) is 25.1 Å². The molecule has 0 aliphatic heterocycles. The molecule has 13 heavy (non-hydrogen) atoms. The first-order valence-corrected chi connectivity index (χ1v) is 5.26. The summed E-state index contributed by atoms with van der Waals surface area (Å²) in [6, 6.07) is 0.552. The number of allylic oxidation sites excluding steroid dienone is 2. The molecule has 0 aromatic carbocycles. The standard InChI is InChI=1S/C10H19N.C2H6/c1-5-7-8-11-10(4)9(3)6-2;1-2/h5,7-11H,1,6H2,2-4H3;1-2H3/b8-7-;. The lowest BCUT2D eigenvalue weighted by molar-refractivity contribution is 0.427. The van der Waals surface area contributed by atoms with Gasteiger partial charge >= 0.3 is 0 Å². The molecule has 78 valence electrons. The van der Waals surface area contributed by atoms with Crippen molar-refractivity contribution in [3.05, 3.63) is 24.9 Å². The Bertz CT molecular complexity index is 127. The van der Waals surface area contributed by atoms with E-state index in [4.69, 9.17) is 0 Å². The first-order chi connectivity index (χ1) is 6.22. The molecule has 0 aromatic heterocycles. The molecule has 0 aromatic rings. The van der Waals surface area contributed by atoms with Crippen LogP contribution in [0.5, 0.6) is 0 Å². The van der Waals surface area contributed by atoms with E-state index in [1.807, 2.05) is 26.1 Å². The van der Waals surface area contributed by atoms with E-state index in [0.717, 1.165) is 5.92 Å². The van der Waals surface area contributed by atoms with Crippen molar-refractivity contribution in [2.45, 2.75) is 47.1 Å². The van der Waals surface area contributed by atoms with E-state index in [1.165, 1.54) is 6.42 Å². The lowest BCUT2D eigenvalue weighted by Gasteiger charge is -2.17. The molecule has 0 rings (SSSR count). The van der Waals surface area contributed by atoms with Gasteiger partial charge in [0.2, 0.25) is 0 Å². The molecule has 0 aliphatic carbocycles. The van der Waals surface area contributed by atoms with Crippen molar-refractivity contribution in [1.29, 1.82) is 0 Å². The minimum atomic E-state index is 0.552. The van der Waals surface area contributed by atoms with Gasteiger partial charge in [0.15, 0.2) is 0 Å². The normalized spacial score (nSPS) is 14.2. The van der Waals surface area contributed by atoms with Crippen molar-refractivity contribution >= 4 is 0 Å². The lowest BCUT2D eigenvalue weighted by Crippen LogP contribution is -2.27. The third-order valence-electron chi connectivity index (χ3n) is 2.09. The van der Waals surface area contributed by atoms with Gasteiger partial charge in [-0.1, -0.05) is 46.8 Å². The van der Waals surface area contributed by atoms with Crippen LogP contribution in [-0.2, 0) is 0 Å². The van der Waals surface area contributed by atoms with E-state index < -0.39 is 0 Å². The average Bonchev–Trinajstić information content (AvgIpc) is 2.20. The lowest BCUT2D eigenvalue weighted by atomic mass is 10.0. The number of hydrogen-bond acceptors (Lipinski definition) is 1. The Morgan fingerprint density at radius 2 is 1.85 bits per heavy atom. The van der Waals surface area contributed by atoms with Crippen molar-refractivity contribution < 1.29 is 0 Å². The Morgan fingerprint density at radius 3 is 2.23 bits per heavy atom. The van der Waals surface area contributed by atoms with E-state index in [9.17, 15) is 0 Å². The summed E-state index contributed by atoms with van der Waals surface area (Å²) in [6.07, 6.45) is 6.86. The van der Waals surface area contributed by atoms with Gasteiger partial charge in [0.25, 0.3) is 0 Å². The zero-order valence-corrected chi connectivity index (χ0v) is 9.80. The van der Waals surface area contributed by atoms with Gasteiger partial charge in [0.1, 0.15) is 0 Å². The summed E-state index contributed by atoms with van der Waals surface area (Å²) in [5.41, 5.74) is 0. The van der Waals surface area contributed by atoms with Gasteiger partial charge in [0.05, 0.1) is 0 Å². The van der Waals surface area contributed by atoms with Crippen molar-refractivity contribution in [2.75, 3.05) is 0 Å². The van der Waals surface area contributed by atoms with Gasteiger partial charge in [-0.25, -0.2) is 0 Å². The van der Waals surface area contributed by atoms with Crippen LogP contribution in [0.4, 0.5) is 0 Å². The molecule has 1 N–H and O–H groups in total. The summed E-state index contributed by atoms with van der Waals surface area (Å²) in [5.74, 6) is 0.726. The molecule has 0 bridgehead atoms. The third-order valence-corrected chi connectivity index (χ3v) is 2.09. The van der Waals surface area contributed by atoms with Crippen LogP contribution in [-0.4, -0.2) is 6.04 Å². The summed E-state index contributed by atoms with van der Waals surface area (Å²) in [6.45, 7) is 14.2. The summed E-state index contributed by atoms with van der Waals surface area (Å²) in [4.78, 5) is 0. The first kappa shape index (κ1) is 14.8. The van der Waals surface area contributed by atoms with Crippen molar-refractivity contribution in [2.24, 2.45) is 5.92 Å². The van der Waals surface area contributed by atoms with Crippen molar-refractivity contribution in [3.63, 3.8) is 0 Å². The second-order valence-electron chi connectivity index (χ2n) is 2.94. The highest BCUT2D eigenvalue weighted by Crippen LogP contribution is 2.05. The zero-order valence-electron chi connectivity index (χ0n) is 9.80. The van der Waals surface area contributed by atoms with Crippen LogP contribution in [0, 0.1) is 5.92 Å². The molecule has 0 spiro atoms. The molecule has 0 fully saturated rings. The summed E-state index contributed by atoms with van der Waals surface area (Å²) in [7, 11) is 0. The summed E-state index contributed by atoms with van der Waals surface area (Å²) in [5, 5.41) is 3.28. The minimum absolute atomic E-state index is 0.552. The first-order valence-electron chi connectivity index (χ1n) is 5.26. The Morgan fingerprint density at radius 1 is 1.31 bits per heavy atom. The van der Waals surface area contributed by atoms with Crippen LogP contribution in [0.1, 0.15) is 41.0 Å². The topological polar surface area (TPSA) is 12.0 Å². The van der Waals surface area contributed by atoms with Gasteiger partial charge in [-0.2, -0.15) is 0 Å². The number of nitrogens with one attached hydrogen (secondary N) is 1. The smallest absolute Gasteiger partial charge is 0.0252 e. The highest BCUT2D eigenvalue weighted by atomic mass is 14.9. The Balaban J connectivity index is 0. The van der Waals surface area contributed by atoms with E-state index in [1.54, 1.807) is 6.08 Å². The maximum Gasteiger partial charge on any atom is 0.0252 e. The molecule has 2 atom stereocenters. The molecule has 0 saturated heterocycles. The molecule has 0 saturated carbocycles. The molecule has 1 heteroatoms. The maximum absolute atomic E-state index is 3.60. The highest BCUT2D eigenvalue weighted by Gasteiger charge is 2.06. The van der Waals surface area contributed by atoms with Crippen LogP contribution < -0.4 is 5.32 Å². The molecule has 2 unspecified atom stereocenters. The van der Waals surface area contributed by atoms with Crippen LogP contribution in [0.15, 0.2) is 24.9 Å². The SMILES string of the molecule is C=C/C=C\NC(C)C(C)CC.CC. The van der Waals surface area contributed by atoms with Crippen molar-refractivity contribution in [3.8, 4) is 0 Å². The average molecular weight is 183 g/mol. The van der Waals surface area contributed by atoms with E-state index >= 15 is 0 Å². The summed E-state index contributed by atoms with van der Waals surface area (Å²) < 4.78 is 0. The molecular weight excluding hydrogens is 158 g/mol. The molecule has 0 aliphatic rings.